The third-order valence-electron chi connectivity index (χ3n) is 3.29. The number of nitrogens with zero attached hydrogens (tertiary/aromatic N) is 1. The van der Waals surface area contributed by atoms with Crippen molar-refractivity contribution in [2.24, 2.45) is 0 Å². The zero-order chi connectivity index (χ0) is 16.2. The van der Waals surface area contributed by atoms with Crippen molar-refractivity contribution in [1.29, 1.82) is 0 Å². The Bertz CT molecular complexity index is 808. The van der Waals surface area contributed by atoms with E-state index in [9.17, 15) is 4.79 Å². The van der Waals surface area contributed by atoms with Gasteiger partial charge in [0.05, 0.1) is 6.61 Å². The van der Waals surface area contributed by atoms with Crippen LogP contribution < -0.4 is 5.73 Å². The molecule has 0 aliphatic heterocycles. The van der Waals surface area contributed by atoms with Gasteiger partial charge in [0.2, 0.25) is 5.89 Å². The summed E-state index contributed by atoms with van der Waals surface area (Å²) in [6, 6.07) is 16.5. The molecule has 1 aromatic heterocycles. The molecule has 5 nitrogen and oxygen atoms in total. The normalized spacial score (nSPS) is 10.5. The molecule has 23 heavy (non-hydrogen) atoms. The quantitative estimate of drug-likeness (QED) is 0.586. The van der Waals surface area contributed by atoms with Crippen LogP contribution in [0.4, 0.5) is 5.69 Å². The lowest BCUT2D eigenvalue weighted by Crippen LogP contribution is -2.06. The molecule has 3 rings (SSSR count). The summed E-state index contributed by atoms with van der Waals surface area (Å²) in [5.74, 6) is 0.244. The lowest BCUT2D eigenvalue weighted by atomic mass is 10.1. The molecule has 0 aliphatic carbocycles. The third kappa shape index (κ3) is 3.08. The second-order valence-electron chi connectivity index (χ2n) is 4.91. The zero-order valence-electron chi connectivity index (χ0n) is 12.7. The van der Waals surface area contributed by atoms with E-state index in [-0.39, 0.29) is 12.3 Å². The van der Waals surface area contributed by atoms with Crippen molar-refractivity contribution in [2.75, 3.05) is 12.3 Å². The maximum Gasteiger partial charge on any atom is 0.361 e. The summed E-state index contributed by atoms with van der Waals surface area (Å²) in [5.41, 5.74) is 8.02. The van der Waals surface area contributed by atoms with E-state index in [1.165, 1.54) is 0 Å². The van der Waals surface area contributed by atoms with E-state index in [1.807, 2.05) is 30.3 Å². The number of benzene rings is 2. The van der Waals surface area contributed by atoms with E-state index in [2.05, 4.69) is 4.98 Å². The zero-order valence-corrected chi connectivity index (χ0v) is 12.7. The molecule has 0 saturated carbocycles. The van der Waals surface area contributed by atoms with Crippen molar-refractivity contribution in [3.8, 4) is 22.8 Å². The van der Waals surface area contributed by atoms with Crippen molar-refractivity contribution in [3.63, 3.8) is 0 Å². The molecule has 0 aliphatic rings. The van der Waals surface area contributed by atoms with Crippen LogP contribution in [-0.2, 0) is 4.74 Å². The fourth-order valence-electron chi connectivity index (χ4n) is 2.19. The summed E-state index contributed by atoms with van der Waals surface area (Å²) in [7, 11) is 0. The number of oxazole rings is 1. The van der Waals surface area contributed by atoms with Crippen LogP contribution in [-0.4, -0.2) is 17.6 Å². The van der Waals surface area contributed by atoms with E-state index in [0.717, 1.165) is 11.1 Å². The molecular weight excluding hydrogens is 292 g/mol. The molecule has 0 bridgehead atoms. The molecule has 0 unspecified atom stereocenters. The maximum absolute atomic E-state index is 12.2. The molecule has 116 valence electrons. The number of hydrogen-bond donors (Lipinski definition) is 1. The van der Waals surface area contributed by atoms with Gasteiger partial charge in [-0.15, -0.1) is 0 Å². The van der Waals surface area contributed by atoms with E-state index >= 15 is 0 Å². The van der Waals surface area contributed by atoms with Crippen LogP contribution in [0, 0.1) is 0 Å². The van der Waals surface area contributed by atoms with Gasteiger partial charge in [0.1, 0.15) is 0 Å². The van der Waals surface area contributed by atoms with Gasteiger partial charge in [0, 0.05) is 16.8 Å². The largest absolute Gasteiger partial charge is 0.461 e. The summed E-state index contributed by atoms with van der Waals surface area (Å²) in [4.78, 5) is 16.5. The summed E-state index contributed by atoms with van der Waals surface area (Å²) < 4.78 is 10.9. The molecule has 5 heteroatoms. The molecular formula is C18H16N2O3. The number of carbonyl (C=O) groups excluding carboxylic acids is 1. The highest BCUT2D eigenvalue weighted by Crippen LogP contribution is 2.30. The molecule has 2 N–H and O–H groups in total. The molecule has 0 saturated heterocycles. The van der Waals surface area contributed by atoms with Gasteiger partial charge in [-0.25, -0.2) is 9.78 Å². The van der Waals surface area contributed by atoms with Crippen molar-refractivity contribution in [1.82, 2.24) is 4.98 Å². The van der Waals surface area contributed by atoms with Crippen LogP contribution in [0.3, 0.4) is 0 Å². The van der Waals surface area contributed by atoms with Gasteiger partial charge in [-0.05, 0) is 43.3 Å². The molecule has 0 atom stereocenters. The average molecular weight is 308 g/mol. The highest BCUT2D eigenvalue weighted by atomic mass is 16.5. The van der Waals surface area contributed by atoms with Crippen LogP contribution in [0.5, 0.6) is 0 Å². The molecule has 0 radical (unpaired) electrons. The van der Waals surface area contributed by atoms with Crippen LogP contribution in [0.25, 0.3) is 22.8 Å². The fourth-order valence-corrected chi connectivity index (χ4v) is 2.19. The topological polar surface area (TPSA) is 78.3 Å². The summed E-state index contributed by atoms with van der Waals surface area (Å²) in [5, 5.41) is 0. The minimum Gasteiger partial charge on any atom is -0.461 e. The van der Waals surface area contributed by atoms with Crippen LogP contribution in [0.1, 0.15) is 17.4 Å². The first-order chi connectivity index (χ1) is 11.2. The highest BCUT2D eigenvalue weighted by molar-refractivity contribution is 5.94. The number of rotatable bonds is 4. The number of anilines is 1. The lowest BCUT2D eigenvalue weighted by molar-refractivity contribution is 0.0520. The molecule has 0 spiro atoms. The van der Waals surface area contributed by atoms with Crippen molar-refractivity contribution < 1.29 is 13.9 Å². The van der Waals surface area contributed by atoms with Crippen LogP contribution in [0.15, 0.2) is 59.0 Å². The molecule has 2 aromatic carbocycles. The van der Waals surface area contributed by atoms with Gasteiger partial charge in [0.25, 0.3) is 0 Å². The van der Waals surface area contributed by atoms with Crippen molar-refractivity contribution in [2.45, 2.75) is 6.92 Å². The number of nitrogens with two attached hydrogens (primary N) is 1. The Hall–Kier alpha value is -3.08. The Morgan fingerprint density at radius 3 is 2.43 bits per heavy atom. The van der Waals surface area contributed by atoms with Crippen LogP contribution in [0.2, 0.25) is 0 Å². The minimum atomic E-state index is -0.509. The first-order valence-electron chi connectivity index (χ1n) is 7.28. The maximum atomic E-state index is 12.2. The van der Waals surface area contributed by atoms with Gasteiger partial charge in [-0.1, -0.05) is 18.2 Å². The van der Waals surface area contributed by atoms with Gasteiger partial charge in [0.15, 0.2) is 11.5 Å². The molecule has 1 heterocycles. The van der Waals surface area contributed by atoms with E-state index in [0.29, 0.717) is 17.3 Å². The minimum absolute atomic E-state index is 0.162. The molecule has 0 amide bonds. The lowest BCUT2D eigenvalue weighted by Gasteiger charge is -2.01. The monoisotopic (exact) mass is 308 g/mol. The molecule has 3 aromatic rings. The Morgan fingerprint density at radius 1 is 1.09 bits per heavy atom. The highest BCUT2D eigenvalue weighted by Gasteiger charge is 2.23. The van der Waals surface area contributed by atoms with Crippen LogP contribution >= 0.6 is 0 Å². The molecule has 0 fully saturated rings. The number of esters is 1. The van der Waals surface area contributed by atoms with Gasteiger partial charge in [-0.3, -0.25) is 0 Å². The third-order valence-corrected chi connectivity index (χ3v) is 3.29. The van der Waals surface area contributed by atoms with Gasteiger partial charge in [-0.2, -0.15) is 0 Å². The van der Waals surface area contributed by atoms with E-state index in [1.54, 1.807) is 31.2 Å². The number of nitrogen functional groups attached to an aromatic ring is 1. The Labute approximate surface area is 133 Å². The smallest absolute Gasteiger partial charge is 0.361 e. The Morgan fingerprint density at radius 2 is 1.78 bits per heavy atom. The number of hydrogen-bond acceptors (Lipinski definition) is 5. The first kappa shape index (κ1) is 14.8. The van der Waals surface area contributed by atoms with E-state index < -0.39 is 5.97 Å². The number of carbonyl (C=O) groups is 1. The SMILES string of the molecule is CCOC(=O)c1nc(-c2ccccc2)oc1-c1ccc(N)cc1. The van der Waals surface area contributed by atoms with Crippen molar-refractivity contribution >= 4 is 11.7 Å². The second kappa shape index (κ2) is 6.36. The van der Waals surface area contributed by atoms with Crippen molar-refractivity contribution in [3.05, 3.63) is 60.3 Å². The predicted molar refractivity (Wildman–Crippen MR) is 87.7 cm³/mol. The number of ether oxygens (including phenoxy) is 1. The summed E-state index contributed by atoms with van der Waals surface area (Å²) in [6.45, 7) is 2.02. The Kier molecular flexibility index (Phi) is 4.10. The van der Waals surface area contributed by atoms with Gasteiger partial charge >= 0.3 is 5.97 Å². The van der Waals surface area contributed by atoms with Gasteiger partial charge < -0.3 is 14.9 Å². The standard InChI is InChI=1S/C18H16N2O3/c1-2-22-18(21)15-16(12-8-10-14(19)11-9-12)23-17(20-15)13-6-4-3-5-7-13/h3-11H,2,19H2,1H3. The summed E-state index contributed by atoms with van der Waals surface area (Å²) >= 11 is 0. The fraction of sp³-hybridized carbons (Fsp3) is 0.111. The predicted octanol–water partition coefficient (Wildman–Crippen LogP) is 3.77. The first-order valence-corrected chi connectivity index (χ1v) is 7.28. The van der Waals surface area contributed by atoms with E-state index in [4.69, 9.17) is 14.9 Å². The number of aromatic nitrogens is 1. The second-order valence-corrected chi connectivity index (χ2v) is 4.91. The Balaban J connectivity index is 2.10. The average Bonchev–Trinajstić information content (AvgIpc) is 3.02. The summed E-state index contributed by atoms with van der Waals surface area (Å²) in [6.07, 6.45) is 0.